The molecule has 16 heteroatoms. The lowest BCUT2D eigenvalue weighted by atomic mass is 9.78. The van der Waals surface area contributed by atoms with Crippen LogP contribution in [0.25, 0.3) is 0 Å². The Hall–Kier alpha value is -6.17. The minimum absolute atomic E-state index is 0. The Morgan fingerprint density at radius 3 is 1.20 bits per heavy atom. The van der Waals surface area contributed by atoms with E-state index < -0.39 is 17.3 Å². The van der Waals surface area contributed by atoms with Gasteiger partial charge in [0.1, 0.15) is 17.3 Å². The summed E-state index contributed by atoms with van der Waals surface area (Å²) in [7, 11) is 24.5. The number of nitrogens with one attached hydrogen (secondary N) is 1. The van der Waals surface area contributed by atoms with Gasteiger partial charge in [0.25, 0.3) is 12.4 Å². The van der Waals surface area contributed by atoms with Crippen molar-refractivity contribution in [2.75, 3.05) is 13.1 Å². The molecule has 1 N–H and O–H groups in total. The fourth-order valence-electron chi connectivity index (χ4n) is 5.34. The molecule has 0 atom stereocenters. The molecule has 4 aromatic rings. The summed E-state index contributed by atoms with van der Waals surface area (Å²) in [6.45, 7) is 34.0. The third kappa shape index (κ3) is 45.4. The summed E-state index contributed by atoms with van der Waals surface area (Å²) in [6, 6.07) is 33.5. The van der Waals surface area contributed by atoms with E-state index in [1.165, 1.54) is 20.8 Å². The molecular formula is C63H94B5NO10. The number of Topliss-reactive ketones (excluding diaryl/α,β-unsaturated/α-hetero) is 3. The van der Waals surface area contributed by atoms with Crippen LogP contribution in [0.3, 0.4) is 0 Å². The van der Waals surface area contributed by atoms with Crippen molar-refractivity contribution in [3.63, 3.8) is 0 Å². The molecule has 0 fully saturated rings. The Labute approximate surface area is 485 Å². The standard InChI is InChI=1S/C14H18O2.C12H14O3.2C11H14O.C5H8BNO3.C3H7B.3C2H5B.CH4/c1-10(2)14(4,5)12-8-6-7-9-13(12)16-11(3)15;1-9(14)12(2,3)10-6-4-5-7-11(10)15-8-13;2*1-9(2)8-11(12)10-6-4-3-5-7-10;1-4(8)10-2-5(9)7-3-6;1-2-3-4;3*1-2-3;/h6-9H,1H2,2-5H3;4-8H,1-3H3;2*3-7,9H,8H2,1-2H3;2-3H2,1H3,(H,7,9);2-3H2,1H3;3*2H2,1H3;1H4. The number of hydrogen-bond donors (Lipinski definition) is 1. The zero-order chi connectivity index (χ0) is 61.3. The van der Waals surface area contributed by atoms with E-state index in [4.69, 9.17) is 48.7 Å². The second-order valence-corrected chi connectivity index (χ2v) is 18.8. The van der Waals surface area contributed by atoms with Crippen LogP contribution in [0, 0.1) is 11.8 Å². The number of esters is 2. The first-order chi connectivity index (χ1) is 36.6. The topological polar surface area (TPSA) is 159 Å². The van der Waals surface area contributed by atoms with Gasteiger partial charge >= 0.3 is 11.9 Å². The molecule has 0 saturated carbocycles. The number of hydrogen-bond acceptors (Lipinski definition) is 10. The van der Waals surface area contributed by atoms with Gasteiger partial charge in [-0.2, -0.15) is 0 Å². The molecule has 0 heterocycles. The van der Waals surface area contributed by atoms with Gasteiger partial charge in [-0.1, -0.05) is 218 Å². The first-order valence-electron chi connectivity index (χ1n) is 26.3. The predicted molar refractivity (Wildman–Crippen MR) is 335 cm³/mol. The molecule has 1 amide bonds. The normalized spacial score (nSPS) is 9.49. The molecule has 0 aliphatic heterocycles. The number of rotatable bonds is 17. The largest absolute Gasteiger partial charge is 0.456 e. The number of allylic oxidation sites excluding steroid dienone is 1. The molecular weight excluding hydrogens is 985 g/mol. The lowest BCUT2D eigenvalue weighted by Crippen LogP contribution is -2.29. The zero-order valence-corrected chi connectivity index (χ0v) is 50.2. The van der Waals surface area contributed by atoms with Crippen LogP contribution in [0.4, 0.5) is 0 Å². The first-order valence-corrected chi connectivity index (χ1v) is 26.3. The summed E-state index contributed by atoms with van der Waals surface area (Å²) in [5.41, 5.74) is 3.55. The van der Waals surface area contributed by atoms with E-state index in [1.807, 2.05) is 126 Å². The van der Waals surface area contributed by atoms with Gasteiger partial charge in [0.15, 0.2) is 18.2 Å². The molecule has 0 aliphatic carbocycles. The quantitative estimate of drug-likeness (QED) is 0.0269. The van der Waals surface area contributed by atoms with E-state index >= 15 is 0 Å². The molecule has 0 bridgehead atoms. The van der Waals surface area contributed by atoms with Crippen molar-refractivity contribution >= 4 is 80.9 Å². The molecule has 0 unspecified atom stereocenters. The van der Waals surface area contributed by atoms with Crippen molar-refractivity contribution < 1.29 is 47.8 Å². The molecule has 11 nitrogen and oxygen atoms in total. The lowest BCUT2D eigenvalue weighted by Gasteiger charge is -2.27. The highest BCUT2D eigenvalue weighted by atomic mass is 16.5. The Morgan fingerprint density at radius 2 is 0.911 bits per heavy atom. The van der Waals surface area contributed by atoms with Gasteiger partial charge in [0.05, 0.1) is 44.6 Å². The van der Waals surface area contributed by atoms with Gasteiger partial charge in [-0.05, 0) is 58.1 Å². The van der Waals surface area contributed by atoms with E-state index in [0.29, 0.717) is 42.6 Å². The Morgan fingerprint density at radius 1 is 0.570 bits per heavy atom. The third-order valence-electron chi connectivity index (χ3n) is 9.87. The van der Waals surface area contributed by atoms with Crippen LogP contribution < -0.4 is 14.8 Å². The maximum absolute atomic E-state index is 11.5. The molecule has 0 saturated heterocycles. The minimum atomic E-state index is -0.639. The molecule has 4 aromatic carbocycles. The zero-order valence-electron chi connectivity index (χ0n) is 50.2. The fourth-order valence-corrected chi connectivity index (χ4v) is 5.34. The van der Waals surface area contributed by atoms with Crippen molar-refractivity contribution in [1.29, 1.82) is 0 Å². The van der Waals surface area contributed by atoms with Crippen LogP contribution in [0.15, 0.2) is 121 Å². The number of carbonyl (C=O) groups excluding carboxylic acids is 7. The van der Waals surface area contributed by atoms with Crippen LogP contribution in [0.5, 0.6) is 11.5 Å². The summed E-state index contributed by atoms with van der Waals surface area (Å²) in [6.07, 6.45) is 5.51. The van der Waals surface area contributed by atoms with Crippen LogP contribution in [-0.2, 0) is 39.5 Å². The van der Waals surface area contributed by atoms with E-state index in [2.05, 4.69) is 65.1 Å². The molecule has 426 valence electrons. The highest BCUT2D eigenvalue weighted by Crippen LogP contribution is 2.36. The summed E-state index contributed by atoms with van der Waals surface area (Å²) in [5, 5.41) is 2.26. The van der Waals surface area contributed by atoms with Crippen molar-refractivity contribution in [3.8, 4) is 11.5 Å². The monoisotopic (exact) mass is 1080 g/mol. The van der Waals surface area contributed by atoms with Crippen molar-refractivity contribution in [3.05, 3.63) is 144 Å². The van der Waals surface area contributed by atoms with E-state index in [1.54, 1.807) is 24.3 Å². The SMILES string of the molecule is C.C=C(C)C(C)(C)c1ccccc1OC(C)=O.CC(=O)C(C)(C)c1ccccc1OC=O.CC(C)CC(=O)c1ccccc1.CC(C)CC(=O)c1ccccc1.[B]CC.[B]CC.[B]CC.[B]CCC.[B]CNC(=O)COC(C)=O. The van der Waals surface area contributed by atoms with Crippen LogP contribution >= 0.6 is 0 Å². The van der Waals surface area contributed by atoms with Crippen molar-refractivity contribution in [2.24, 2.45) is 11.8 Å². The molecule has 0 aromatic heterocycles. The van der Waals surface area contributed by atoms with E-state index in [0.717, 1.165) is 59.5 Å². The van der Waals surface area contributed by atoms with E-state index in [-0.39, 0.29) is 49.2 Å². The van der Waals surface area contributed by atoms with Crippen LogP contribution in [0.1, 0.15) is 169 Å². The summed E-state index contributed by atoms with van der Waals surface area (Å²) < 4.78 is 14.4. The minimum Gasteiger partial charge on any atom is -0.456 e. The molecule has 10 radical (unpaired) electrons. The molecule has 0 aliphatic rings. The average Bonchev–Trinajstić information content (AvgIpc) is 3.37. The van der Waals surface area contributed by atoms with Gasteiger partial charge < -0.3 is 19.5 Å². The molecule has 79 heavy (non-hydrogen) atoms. The predicted octanol–water partition coefficient (Wildman–Crippen LogP) is 13.6. The molecule has 0 spiro atoms. The smallest absolute Gasteiger partial charge is 0.308 e. The van der Waals surface area contributed by atoms with Gasteiger partial charge in [-0.15, -0.1) is 0 Å². The maximum atomic E-state index is 11.5. The maximum Gasteiger partial charge on any atom is 0.308 e. The van der Waals surface area contributed by atoms with Crippen molar-refractivity contribution in [1.82, 2.24) is 5.32 Å². The molecule has 4 rings (SSSR count). The summed E-state index contributed by atoms with van der Waals surface area (Å²) in [5.74, 6) is 1.28. The Balaban J connectivity index is -0.000000200. The Bertz CT molecular complexity index is 2170. The third-order valence-corrected chi connectivity index (χ3v) is 9.87. The van der Waals surface area contributed by atoms with Crippen LogP contribution in [-0.4, -0.2) is 94.0 Å². The summed E-state index contributed by atoms with van der Waals surface area (Å²) in [4.78, 5) is 76.3. The number of carbonyl (C=O) groups is 7. The van der Waals surface area contributed by atoms with Gasteiger partial charge in [0, 0.05) is 54.4 Å². The van der Waals surface area contributed by atoms with E-state index in [9.17, 15) is 33.6 Å². The highest BCUT2D eigenvalue weighted by molar-refractivity contribution is 6.10. The lowest BCUT2D eigenvalue weighted by molar-refractivity contribution is -0.146. The van der Waals surface area contributed by atoms with Gasteiger partial charge in [0.2, 0.25) is 0 Å². The number of ether oxygens (including phenoxy) is 3. The van der Waals surface area contributed by atoms with Gasteiger partial charge in [-0.25, -0.2) is 0 Å². The van der Waals surface area contributed by atoms with Gasteiger partial charge in [-0.3, -0.25) is 33.6 Å². The number of benzene rings is 4. The van der Waals surface area contributed by atoms with Crippen LogP contribution in [0.2, 0.25) is 25.3 Å². The van der Waals surface area contributed by atoms with Crippen molar-refractivity contribution in [2.45, 2.75) is 174 Å². The number of amides is 1. The Kier molecular flexibility index (Phi) is 55.9. The second kappa shape index (κ2) is 52.5. The summed E-state index contributed by atoms with van der Waals surface area (Å²) >= 11 is 0. The second-order valence-electron chi connectivity index (χ2n) is 18.8. The average molecular weight is 1080 g/mol. The number of para-hydroxylation sites is 2. The highest BCUT2D eigenvalue weighted by Gasteiger charge is 2.29. The fraction of sp³-hybridized carbons (Fsp3) is 0.476. The first kappa shape index (κ1) is 84.1. The number of ketones is 3.